The molecule has 4 nitrogen and oxygen atoms in total. The molecule has 3 aromatic heterocycles. The first-order chi connectivity index (χ1) is 15.9. The number of ether oxygens (including phenoxy) is 1. The van der Waals surface area contributed by atoms with Crippen LogP contribution in [0.15, 0.2) is 54.7 Å². The van der Waals surface area contributed by atoms with Crippen molar-refractivity contribution in [1.82, 2.24) is 15.0 Å². The molecule has 0 unspecified atom stereocenters. The van der Waals surface area contributed by atoms with E-state index >= 15 is 0 Å². The van der Waals surface area contributed by atoms with Crippen LogP contribution in [-0.4, -0.2) is 28.2 Å². The predicted octanol–water partition coefficient (Wildman–Crippen LogP) is 6.99. The van der Waals surface area contributed by atoms with E-state index < -0.39 is 0 Å². The number of hydrogen-bond acceptors (Lipinski definition) is 4. The second-order valence-corrected chi connectivity index (χ2v) is 8.77. The van der Waals surface area contributed by atoms with Gasteiger partial charge in [-0.1, -0.05) is 17.7 Å². The minimum Gasteiger partial charge on any atom is -0.381 e. The van der Waals surface area contributed by atoms with Crippen molar-refractivity contribution >= 4 is 22.6 Å². The monoisotopic (exact) mass is 463 g/mol. The zero-order chi connectivity index (χ0) is 23.4. The van der Waals surface area contributed by atoms with E-state index in [9.17, 15) is 4.39 Å². The molecule has 4 heterocycles. The van der Waals surface area contributed by atoms with Crippen molar-refractivity contribution in [2.75, 3.05) is 13.2 Å². The maximum atomic E-state index is 14.7. The van der Waals surface area contributed by atoms with Gasteiger partial charge < -0.3 is 4.74 Å². The molecule has 0 atom stereocenters. The van der Waals surface area contributed by atoms with Gasteiger partial charge in [0, 0.05) is 58.4 Å². The molecule has 4 aromatic rings. The van der Waals surface area contributed by atoms with Gasteiger partial charge in [0.05, 0.1) is 0 Å². The molecule has 0 amide bonds. The fourth-order valence-electron chi connectivity index (χ4n) is 3.94. The third-order valence-electron chi connectivity index (χ3n) is 5.94. The smallest absolute Gasteiger partial charge is 0.160 e. The molecular formula is C27H27ClFN3O. The molecule has 170 valence electrons. The van der Waals surface area contributed by atoms with Gasteiger partial charge >= 0.3 is 0 Å². The van der Waals surface area contributed by atoms with Crippen molar-refractivity contribution in [2.45, 2.75) is 39.5 Å². The van der Waals surface area contributed by atoms with E-state index in [4.69, 9.17) is 21.3 Å². The molecule has 1 aromatic carbocycles. The molecule has 0 aliphatic carbocycles. The second kappa shape index (κ2) is 10.4. The molecule has 0 N–H and O–H groups in total. The van der Waals surface area contributed by atoms with Crippen LogP contribution in [0.25, 0.3) is 22.2 Å². The van der Waals surface area contributed by atoms with Gasteiger partial charge in [0.2, 0.25) is 0 Å². The first-order valence-corrected chi connectivity index (χ1v) is 11.5. The Labute approximate surface area is 198 Å². The Morgan fingerprint density at radius 2 is 1.73 bits per heavy atom. The Hall–Kier alpha value is -2.89. The Morgan fingerprint density at radius 3 is 2.36 bits per heavy atom. The zero-order valence-electron chi connectivity index (χ0n) is 19.1. The quantitative estimate of drug-likeness (QED) is 0.321. The summed E-state index contributed by atoms with van der Waals surface area (Å²) in [6, 6.07) is 14.7. The highest BCUT2D eigenvalue weighted by molar-refractivity contribution is 6.30. The molecule has 6 heteroatoms. The number of pyridine rings is 3. The summed E-state index contributed by atoms with van der Waals surface area (Å²) in [7, 11) is 0. The number of aryl methyl sites for hydroxylation is 3. The summed E-state index contributed by atoms with van der Waals surface area (Å²) >= 11 is 5.94. The van der Waals surface area contributed by atoms with Crippen LogP contribution in [0.3, 0.4) is 0 Å². The van der Waals surface area contributed by atoms with E-state index in [0.717, 1.165) is 59.7 Å². The maximum absolute atomic E-state index is 14.7. The Bertz CT molecular complexity index is 1260. The molecule has 0 radical (unpaired) electrons. The molecule has 0 bridgehead atoms. The Morgan fingerprint density at radius 1 is 0.939 bits per heavy atom. The predicted molar refractivity (Wildman–Crippen MR) is 131 cm³/mol. The summed E-state index contributed by atoms with van der Waals surface area (Å²) in [4.78, 5) is 13.5. The van der Waals surface area contributed by atoms with Gasteiger partial charge in [-0.05, 0) is 87.2 Å². The van der Waals surface area contributed by atoms with Crippen molar-refractivity contribution in [3.05, 3.63) is 88.2 Å². The molecule has 1 aliphatic rings. The van der Waals surface area contributed by atoms with E-state index in [0.29, 0.717) is 22.2 Å². The third kappa shape index (κ3) is 5.55. The molecule has 0 saturated carbocycles. The fourth-order valence-corrected chi connectivity index (χ4v) is 4.10. The number of fused-ring (bicyclic) bond motifs is 1. The minimum atomic E-state index is -0.332. The summed E-state index contributed by atoms with van der Waals surface area (Å²) in [6.45, 7) is 7.42. The SMILES string of the molecule is Cc1cc2c(-c3ccc(Cl)cc3F)cc(C3CCOCC3)nc2nc1C.Cc1ccccn1. The lowest BCUT2D eigenvalue weighted by Crippen LogP contribution is -2.15. The average Bonchev–Trinajstić information content (AvgIpc) is 2.81. The molecule has 0 spiro atoms. The van der Waals surface area contributed by atoms with Gasteiger partial charge in [0.1, 0.15) is 5.82 Å². The van der Waals surface area contributed by atoms with Crippen LogP contribution in [0, 0.1) is 26.6 Å². The zero-order valence-corrected chi connectivity index (χ0v) is 19.9. The summed E-state index contributed by atoms with van der Waals surface area (Å²) in [5, 5.41) is 1.25. The average molecular weight is 464 g/mol. The van der Waals surface area contributed by atoms with Crippen LogP contribution < -0.4 is 0 Å². The normalized spacial score (nSPS) is 14.1. The second-order valence-electron chi connectivity index (χ2n) is 8.34. The van der Waals surface area contributed by atoms with Crippen LogP contribution in [-0.2, 0) is 4.74 Å². The maximum Gasteiger partial charge on any atom is 0.160 e. The topological polar surface area (TPSA) is 47.9 Å². The highest BCUT2D eigenvalue weighted by Crippen LogP contribution is 2.35. The summed E-state index contributed by atoms with van der Waals surface area (Å²) in [5.41, 5.74) is 6.05. The van der Waals surface area contributed by atoms with Gasteiger partial charge in [0.25, 0.3) is 0 Å². The van der Waals surface area contributed by atoms with Gasteiger partial charge in [-0.25, -0.2) is 14.4 Å². The summed E-state index contributed by atoms with van der Waals surface area (Å²) in [6.07, 6.45) is 3.63. The molecular weight excluding hydrogens is 437 g/mol. The van der Waals surface area contributed by atoms with Crippen molar-refractivity contribution < 1.29 is 9.13 Å². The summed E-state index contributed by atoms with van der Waals surface area (Å²) < 4.78 is 20.1. The standard InChI is InChI=1S/C21H20ClFN2O.C6H7N/c1-12-9-18-17(16-4-3-15(22)10-19(16)23)11-20(14-5-7-26-8-6-14)25-21(18)24-13(12)2;1-6-4-2-3-5-7-6/h3-4,9-11,14H,5-8H2,1-2H3;2-5H,1H3. The van der Waals surface area contributed by atoms with Gasteiger partial charge in [-0.15, -0.1) is 0 Å². The molecule has 1 fully saturated rings. The van der Waals surface area contributed by atoms with Crippen molar-refractivity contribution in [1.29, 1.82) is 0 Å². The van der Waals surface area contributed by atoms with Gasteiger partial charge in [0.15, 0.2) is 5.65 Å². The molecule has 33 heavy (non-hydrogen) atoms. The van der Waals surface area contributed by atoms with E-state index in [2.05, 4.69) is 9.97 Å². The fraction of sp³-hybridized carbons (Fsp3) is 0.296. The lowest BCUT2D eigenvalue weighted by molar-refractivity contribution is 0.0846. The Kier molecular flexibility index (Phi) is 7.31. The number of benzene rings is 1. The van der Waals surface area contributed by atoms with Crippen LogP contribution in [0.1, 0.15) is 41.4 Å². The van der Waals surface area contributed by atoms with Gasteiger partial charge in [-0.2, -0.15) is 0 Å². The van der Waals surface area contributed by atoms with Crippen molar-refractivity contribution in [2.24, 2.45) is 0 Å². The number of hydrogen-bond donors (Lipinski definition) is 0. The first kappa shape index (κ1) is 23.3. The molecule has 1 saturated heterocycles. The first-order valence-electron chi connectivity index (χ1n) is 11.1. The van der Waals surface area contributed by atoms with E-state index in [1.807, 2.05) is 51.1 Å². The Balaban J connectivity index is 0.000000318. The van der Waals surface area contributed by atoms with Crippen LogP contribution in [0.2, 0.25) is 5.02 Å². The number of aromatic nitrogens is 3. The highest BCUT2D eigenvalue weighted by atomic mass is 35.5. The third-order valence-corrected chi connectivity index (χ3v) is 6.17. The molecule has 1 aliphatic heterocycles. The number of halogens is 2. The highest BCUT2D eigenvalue weighted by Gasteiger charge is 2.21. The van der Waals surface area contributed by atoms with Crippen LogP contribution >= 0.6 is 11.6 Å². The van der Waals surface area contributed by atoms with Crippen LogP contribution in [0.5, 0.6) is 0 Å². The van der Waals surface area contributed by atoms with E-state index in [-0.39, 0.29) is 5.82 Å². The lowest BCUT2D eigenvalue weighted by atomic mass is 9.92. The van der Waals surface area contributed by atoms with Crippen molar-refractivity contribution in [3.8, 4) is 11.1 Å². The minimum absolute atomic E-state index is 0.311. The lowest BCUT2D eigenvalue weighted by Gasteiger charge is -2.23. The number of nitrogens with zero attached hydrogens (tertiary/aromatic N) is 3. The number of rotatable bonds is 2. The van der Waals surface area contributed by atoms with Gasteiger partial charge in [-0.3, -0.25) is 4.98 Å². The largest absolute Gasteiger partial charge is 0.381 e. The summed E-state index contributed by atoms with van der Waals surface area (Å²) in [5.74, 6) is -0.0215. The van der Waals surface area contributed by atoms with E-state index in [1.165, 1.54) is 6.07 Å². The molecule has 5 rings (SSSR count). The van der Waals surface area contributed by atoms with Crippen LogP contribution in [0.4, 0.5) is 4.39 Å². The van der Waals surface area contributed by atoms with Crippen molar-refractivity contribution in [3.63, 3.8) is 0 Å². The van der Waals surface area contributed by atoms with E-state index in [1.54, 1.807) is 18.3 Å².